The van der Waals surface area contributed by atoms with Crippen LogP contribution >= 0.6 is 0 Å². The van der Waals surface area contributed by atoms with Gasteiger partial charge in [-0.05, 0) is 26.7 Å². The van der Waals surface area contributed by atoms with Crippen LogP contribution in [-0.2, 0) is 0 Å². The van der Waals surface area contributed by atoms with E-state index in [-0.39, 0.29) is 10.6 Å². The number of aromatic nitrogens is 2. The van der Waals surface area contributed by atoms with Crippen LogP contribution in [0.4, 0.5) is 17.5 Å². The minimum atomic E-state index is -0.383. The van der Waals surface area contributed by atoms with Gasteiger partial charge < -0.3 is 10.2 Å². The fourth-order valence-electron chi connectivity index (χ4n) is 2.71. The summed E-state index contributed by atoms with van der Waals surface area (Å²) in [7, 11) is 1.89. The number of hydrogen-bond acceptors (Lipinski definition) is 6. The second-order valence-electron chi connectivity index (χ2n) is 5.14. The van der Waals surface area contributed by atoms with Gasteiger partial charge in [0.2, 0.25) is 11.8 Å². The Balaban J connectivity index is 2.43. The predicted molar refractivity (Wildman–Crippen MR) is 78.2 cm³/mol. The summed E-state index contributed by atoms with van der Waals surface area (Å²) in [6.07, 6.45) is 4.47. The van der Waals surface area contributed by atoms with Gasteiger partial charge in [0, 0.05) is 19.6 Å². The van der Waals surface area contributed by atoms with Gasteiger partial charge in [-0.2, -0.15) is 4.98 Å². The van der Waals surface area contributed by atoms with Crippen LogP contribution in [0.2, 0.25) is 0 Å². The van der Waals surface area contributed by atoms with Crippen LogP contribution in [0, 0.1) is 17.0 Å². The summed E-state index contributed by atoms with van der Waals surface area (Å²) in [6, 6.07) is 0.331. The van der Waals surface area contributed by atoms with Crippen molar-refractivity contribution in [2.24, 2.45) is 0 Å². The van der Waals surface area contributed by atoms with Crippen molar-refractivity contribution in [2.45, 2.75) is 45.6 Å². The zero-order chi connectivity index (χ0) is 14.7. The summed E-state index contributed by atoms with van der Waals surface area (Å²) < 4.78 is 0. The van der Waals surface area contributed by atoms with E-state index in [0.29, 0.717) is 30.0 Å². The first-order valence-electron chi connectivity index (χ1n) is 7.04. The normalized spacial score (nSPS) is 15.3. The molecule has 0 amide bonds. The van der Waals surface area contributed by atoms with Gasteiger partial charge in [-0.1, -0.05) is 12.8 Å². The average molecular weight is 279 g/mol. The molecule has 1 aromatic heterocycles. The van der Waals surface area contributed by atoms with E-state index in [1.54, 1.807) is 6.92 Å². The number of aryl methyl sites for hydroxylation is 1. The Kier molecular flexibility index (Phi) is 4.36. The largest absolute Gasteiger partial charge is 0.354 e. The second-order valence-corrected chi connectivity index (χ2v) is 5.14. The van der Waals surface area contributed by atoms with Gasteiger partial charge in [-0.25, -0.2) is 4.98 Å². The maximum Gasteiger partial charge on any atom is 0.332 e. The number of nitrogens with one attached hydrogen (secondary N) is 1. The van der Waals surface area contributed by atoms with E-state index in [9.17, 15) is 10.1 Å². The Labute approximate surface area is 118 Å². The summed E-state index contributed by atoms with van der Waals surface area (Å²) in [5, 5.41) is 14.3. The maximum absolute atomic E-state index is 11.3. The minimum Gasteiger partial charge on any atom is -0.354 e. The lowest BCUT2D eigenvalue weighted by molar-refractivity contribution is -0.385. The minimum absolute atomic E-state index is 0.0149. The van der Waals surface area contributed by atoms with Crippen LogP contribution in [0.25, 0.3) is 0 Å². The van der Waals surface area contributed by atoms with E-state index >= 15 is 0 Å². The van der Waals surface area contributed by atoms with Gasteiger partial charge in [0.25, 0.3) is 0 Å². The summed E-state index contributed by atoms with van der Waals surface area (Å²) in [4.78, 5) is 21.4. The van der Waals surface area contributed by atoms with Crippen LogP contribution in [0.5, 0.6) is 0 Å². The molecule has 0 aliphatic heterocycles. The van der Waals surface area contributed by atoms with E-state index in [2.05, 4.69) is 15.3 Å². The Hall–Kier alpha value is -1.92. The molecule has 20 heavy (non-hydrogen) atoms. The lowest BCUT2D eigenvalue weighted by atomic mass is 10.2. The monoisotopic (exact) mass is 279 g/mol. The topological polar surface area (TPSA) is 84.2 Å². The Morgan fingerprint density at radius 1 is 1.40 bits per heavy atom. The summed E-state index contributed by atoms with van der Waals surface area (Å²) in [6.45, 7) is 4.29. The third-order valence-corrected chi connectivity index (χ3v) is 3.76. The molecule has 0 atom stereocenters. The van der Waals surface area contributed by atoms with Crippen LogP contribution < -0.4 is 10.2 Å². The second kappa shape index (κ2) is 6.02. The molecular weight excluding hydrogens is 258 g/mol. The first-order valence-corrected chi connectivity index (χ1v) is 7.04. The van der Waals surface area contributed by atoms with Gasteiger partial charge in [0.05, 0.1) is 4.92 Å². The van der Waals surface area contributed by atoms with E-state index in [0.717, 1.165) is 12.8 Å². The molecule has 7 heteroatoms. The summed E-state index contributed by atoms with van der Waals surface area (Å²) >= 11 is 0. The molecule has 110 valence electrons. The molecule has 1 N–H and O–H groups in total. The summed E-state index contributed by atoms with van der Waals surface area (Å²) in [5.74, 6) is 0.876. The molecule has 2 rings (SSSR count). The van der Waals surface area contributed by atoms with E-state index in [1.807, 2.05) is 18.9 Å². The fourth-order valence-corrected chi connectivity index (χ4v) is 2.71. The molecule has 1 saturated carbocycles. The highest BCUT2D eigenvalue weighted by atomic mass is 16.6. The molecule has 1 heterocycles. The van der Waals surface area contributed by atoms with Crippen molar-refractivity contribution in [3.63, 3.8) is 0 Å². The molecular formula is C13H21N5O2. The third-order valence-electron chi connectivity index (χ3n) is 3.76. The van der Waals surface area contributed by atoms with Crippen molar-refractivity contribution in [3.8, 4) is 0 Å². The van der Waals surface area contributed by atoms with Crippen LogP contribution in [-0.4, -0.2) is 34.5 Å². The third kappa shape index (κ3) is 2.81. The van der Waals surface area contributed by atoms with Crippen molar-refractivity contribution in [3.05, 3.63) is 15.8 Å². The van der Waals surface area contributed by atoms with Gasteiger partial charge in [0.15, 0.2) is 0 Å². The first-order chi connectivity index (χ1) is 9.54. The smallest absolute Gasteiger partial charge is 0.332 e. The maximum atomic E-state index is 11.3. The van der Waals surface area contributed by atoms with Crippen molar-refractivity contribution in [2.75, 3.05) is 23.8 Å². The van der Waals surface area contributed by atoms with Crippen molar-refractivity contribution in [1.82, 2.24) is 9.97 Å². The standard InChI is InChI=1S/C13H21N5O2/c1-4-14-13-15-9(2)11(18(19)20)12(16-13)17(3)10-7-5-6-8-10/h10H,4-8H2,1-3H3,(H,14,15,16). The predicted octanol–water partition coefficient (Wildman–Crippen LogP) is 2.50. The lowest BCUT2D eigenvalue weighted by Crippen LogP contribution is -2.31. The van der Waals surface area contributed by atoms with Crippen LogP contribution in [0.15, 0.2) is 0 Å². The molecule has 1 fully saturated rings. The highest BCUT2D eigenvalue weighted by Crippen LogP contribution is 2.33. The fraction of sp³-hybridized carbons (Fsp3) is 0.692. The molecule has 0 bridgehead atoms. The number of rotatable bonds is 5. The van der Waals surface area contributed by atoms with E-state index in [4.69, 9.17) is 0 Å². The van der Waals surface area contributed by atoms with Crippen LogP contribution in [0.1, 0.15) is 38.3 Å². The Bertz CT molecular complexity index is 500. The number of nitro groups is 1. The highest BCUT2D eigenvalue weighted by Gasteiger charge is 2.29. The van der Waals surface area contributed by atoms with Crippen molar-refractivity contribution < 1.29 is 4.92 Å². The molecule has 1 aromatic rings. The van der Waals surface area contributed by atoms with Gasteiger partial charge in [-0.3, -0.25) is 10.1 Å². The zero-order valence-corrected chi connectivity index (χ0v) is 12.2. The molecule has 1 aliphatic carbocycles. The number of anilines is 2. The van der Waals surface area contributed by atoms with Gasteiger partial charge in [0.1, 0.15) is 5.69 Å². The summed E-state index contributed by atoms with van der Waals surface area (Å²) in [5.41, 5.74) is 0.418. The highest BCUT2D eigenvalue weighted by molar-refractivity contribution is 5.62. The molecule has 0 unspecified atom stereocenters. The molecule has 0 aromatic carbocycles. The van der Waals surface area contributed by atoms with Crippen molar-refractivity contribution in [1.29, 1.82) is 0 Å². The van der Waals surface area contributed by atoms with Gasteiger partial charge in [-0.15, -0.1) is 0 Å². The SMILES string of the molecule is CCNc1nc(C)c([N+](=O)[O-])c(N(C)C2CCCC2)n1. The molecule has 0 spiro atoms. The van der Waals surface area contributed by atoms with Crippen molar-refractivity contribution >= 4 is 17.5 Å². The van der Waals surface area contributed by atoms with Crippen LogP contribution in [0.3, 0.4) is 0 Å². The van der Waals surface area contributed by atoms with E-state index < -0.39 is 0 Å². The number of nitrogens with zero attached hydrogens (tertiary/aromatic N) is 4. The number of hydrogen-bond donors (Lipinski definition) is 1. The zero-order valence-electron chi connectivity index (χ0n) is 12.2. The Morgan fingerprint density at radius 2 is 2.05 bits per heavy atom. The molecule has 1 aliphatic rings. The first kappa shape index (κ1) is 14.5. The van der Waals surface area contributed by atoms with Gasteiger partial charge >= 0.3 is 5.69 Å². The van der Waals surface area contributed by atoms with E-state index in [1.165, 1.54) is 12.8 Å². The Morgan fingerprint density at radius 3 is 2.60 bits per heavy atom. The lowest BCUT2D eigenvalue weighted by Gasteiger charge is -2.25. The molecule has 0 radical (unpaired) electrons. The average Bonchev–Trinajstić information content (AvgIpc) is 2.90. The molecule has 7 nitrogen and oxygen atoms in total. The molecule has 0 saturated heterocycles. The quantitative estimate of drug-likeness (QED) is 0.658.